The number of nitrogens with one attached hydrogen (secondary N) is 3. The van der Waals surface area contributed by atoms with Gasteiger partial charge in [-0.3, -0.25) is 9.59 Å². The number of thiazole rings is 1. The van der Waals surface area contributed by atoms with E-state index < -0.39 is 47.0 Å². The summed E-state index contributed by atoms with van der Waals surface area (Å²) in [5, 5.41) is 12.7. The van der Waals surface area contributed by atoms with Gasteiger partial charge in [0, 0.05) is 42.1 Å². The van der Waals surface area contributed by atoms with Crippen LogP contribution in [0.3, 0.4) is 0 Å². The van der Waals surface area contributed by atoms with Crippen LogP contribution < -0.4 is 25.4 Å². The lowest BCUT2D eigenvalue weighted by molar-refractivity contribution is -0.142. The molecule has 2 bridgehead atoms. The number of methoxy groups -OCH3 is 1. The minimum absolute atomic E-state index is 0.0149. The summed E-state index contributed by atoms with van der Waals surface area (Å²) < 4.78 is 24.0. The van der Waals surface area contributed by atoms with Gasteiger partial charge in [-0.05, 0) is 56.6 Å². The summed E-state index contributed by atoms with van der Waals surface area (Å²) in [6, 6.07) is 3.47. The molecule has 16 heteroatoms. The number of carbonyl (C=O) groups excluding carboxylic acids is 4. The molecule has 308 valence electrons. The number of hydrogen-bond donors (Lipinski definition) is 3. The van der Waals surface area contributed by atoms with Crippen molar-refractivity contribution in [3.63, 3.8) is 0 Å². The van der Waals surface area contributed by atoms with Crippen LogP contribution in [0.1, 0.15) is 86.5 Å². The van der Waals surface area contributed by atoms with Gasteiger partial charge in [0.25, 0.3) is 0 Å². The number of halogens is 1. The number of amides is 3. The van der Waals surface area contributed by atoms with E-state index in [1.54, 1.807) is 12.1 Å². The minimum atomic E-state index is -1.04. The van der Waals surface area contributed by atoms with Crippen molar-refractivity contribution in [2.24, 2.45) is 11.3 Å². The first-order chi connectivity index (χ1) is 27.1. The van der Waals surface area contributed by atoms with Crippen molar-refractivity contribution in [1.29, 1.82) is 0 Å². The highest BCUT2D eigenvalue weighted by molar-refractivity contribution is 7.14. The van der Waals surface area contributed by atoms with Crippen molar-refractivity contribution in [3.8, 4) is 22.9 Å². The van der Waals surface area contributed by atoms with Gasteiger partial charge in [0.1, 0.15) is 52.8 Å². The average Bonchev–Trinajstić information content (AvgIpc) is 3.45. The van der Waals surface area contributed by atoms with Crippen LogP contribution in [0, 0.1) is 11.3 Å². The second-order valence-electron chi connectivity index (χ2n) is 17.2. The number of benzene rings is 1. The van der Waals surface area contributed by atoms with Crippen molar-refractivity contribution in [2.45, 2.75) is 135 Å². The SMILES string of the molecule is CCC1C[C@@]1(C=O)NC(=O)[C@@H]1C[C@@H](Oc2cc(-c3csc(NC(C)C)n3)nc3c(Cl)c(OC)ccc23)CN1C(=O)C(NC(=O)OC1C[C@H]2CC[C@@H](C1)O2)C(C)(C)C. The van der Waals surface area contributed by atoms with Crippen LogP contribution in [0.4, 0.5) is 9.93 Å². The predicted molar refractivity (Wildman–Crippen MR) is 217 cm³/mol. The third-order valence-corrected chi connectivity index (χ3v) is 12.6. The lowest BCUT2D eigenvalue weighted by Crippen LogP contribution is -2.59. The second-order valence-corrected chi connectivity index (χ2v) is 18.4. The number of aldehydes is 1. The van der Waals surface area contributed by atoms with E-state index in [9.17, 15) is 19.2 Å². The normalized spacial score (nSPS) is 27.2. The topological polar surface area (TPSA) is 170 Å². The molecule has 0 spiro atoms. The Balaban J connectivity index is 1.18. The van der Waals surface area contributed by atoms with Gasteiger partial charge in [-0.2, -0.15) is 0 Å². The van der Waals surface area contributed by atoms with Crippen LogP contribution in [0.2, 0.25) is 5.02 Å². The summed E-state index contributed by atoms with van der Waals surface area (Å²) in [5.41, 5.74) is -0.169. The zero-order valence-electron chi connectivity index (χ0n) is 33.6. The van der Waals surface area contributed by atoms with Gasteiger partial charge >= 0.3 is 6.09 Å². The number of pyridine rings is 1. The summed E-state index contributed by atoms with van der Waals surface area (Å²) in [4.78, 5) is 65.7. The first-order valence-electron chi connectivity index (χ1n) is 19.9. The van der Waals surface area contributed by atoms with Gasteiger partial charge < -0.3 is 44.6 Å². The summed E-state index contributed by atoms with van der Waals surface area (Å²) in [7, 11) is 1.53. The maximum atomic E-state index is 14.7. The fourth-order valence-electron chi connectivity index (χ4n) is 8.37. The summed E-state index contributed by atoms with van der Waals surface area (Å²) in [5.74, 6) is -0.0253. The van der Waals surface area contributed by atoms with Gasteiger partial charge in [-0.1, -0.05) is 45.7 Å². The molecule has 3 unspecified atom stereocenters. The zero-order chi connectivity index (χ0) is 40.8. The summed E-state index contributed by atoms with van der Waals surface area (Å²) in [6.45, 7) is 11.6. The third kappa shape index (κ3) is 8.66. The van der Waals surface area contributed by atoms with Crippen molar-refractivity contribution >= 4 is 63.2 Å². The Morgan fingerprint density at radius 3 is 2.46 bits per heavy atom. The number of alkyl carbamates (subject to hydrolysis) is 1. The molecule has 1 saturated carbocycles. The number of carbonyl (C=O) groups is 4. The second kappa shape index (κ2) is 16.2. The highest BCUT2D eigenvalue weighted by Crippen LogP contribution is 2.45. The standard InChI is InChI=1S/C41H53ClN6O8S/c1-8-22-17-41(22,20-49)47-36(50)30-15-26(18-48(30)37(51)35(40(4,5)6)46-39(52)56-25-13-23-9-10-24(14-25)54-23)55-32-16-28(29-19-57-38(45-29)43-21(2)3)44-34-27(32)11-12-31(53-7)33(34)42/h11-12,16,19-26,30,35H,8-10,13-15,17-18H2,1-7H3,(H,43,45)(H,46,52)(H,47,50)/t22?,23-,24+,25?,26-,30+,35?,41+/m1/s1. The number of nitrogens with zero attached hydrogens (tertiary/aromatic N) is 3. The molecular weight excluding hydrogens is 772 g/mol. The molecule has 3 amide bonds. The molecular formula is C41H53ClN6O8S. The number of hydrogen-bond acceptors (Lipinski definition) is 12. The molecule has 3 N–H and O–H groups in total. The molecule has 5 heterocycles. The maximum absolute atomic E-state index is 14.7. The van der Waals surface area contributed by atoms with E-state index in [1.165, 1.54) is 23.3 Å². The van der Waals surface area contributed by atoms with Crippen LogP contribution in [0.5, 0.6) is 11.5 Å². The number of ether oxygens (including phenoxy) is 4. The Kier molecular flexibility index (Phi) is 11.6. The summed E-state index contributed by atoms with van der Waals surface area (Å²) in [6.07, 6.45) is 3.78. The van der Waals surface area contributed by atoms with E-state index >= 15 is 0 Å². The van der Waals surface area contributed by atoms with Crippen LogP contribution >= 0.6 is 22.9 Å². The fraction of sp³-hybridized carbons (Fsp3) is 0.610. The Hall–Kier alpha value is -4.21. The predicted octanol–water partition coefficient (Wildman–Crippen LogP) is 6.52. The monoisotopic (exact) mass is 824 g/mol. The molecule has 57 heavy (non-hydrogen) atoms. The molecule has 4 aliphatic rings. The van der Waals surface area contributed by atoms with Crippen molar-refractivity contribution < 1.29 is 38.1 Å². The molecule has 0 radical (unpaired) electrons. The molecule has 2 aromatic heterocycles. The van der Waals surface area contributed by atoms with Crippen molar-refractivity contribution in [2.75, 3.05) is 19.0 Å². The first-order valence-corrected chi connectivity index (χ1v) is 21.1. The maximum Gasteiger partial charge on any atom is 0.408 e. The zero-order valence-corrected chi connectivity index (χ0v) is 35.1. The van der Waals surface area contributed by atoms with Gasteiger partial charge in [-0.25, -0.2) is 14.8 Å². The third-order valence-electron chi connectivity index (χ3n) is 11.5. The van der Waals surface area contributed by atoms with E-state index in [0.717, 1.165) is 30.7 Å². The van der Waals surface area contributed by atoms with Gasteiger partial charge in [-0.15, -0.1) is 11.3 Å². The van der Waals surface area contributed by atoms with Gasteiger partial charge in [0.15, 0.2) is 5.13 Å². The first kappa shape index (κ1) is 41.0. The van der Waals surface area contributed by atoms with Gasteiger partial charge in [0.05, 0.1) is 42.6 Å². The van der Waals surface area contributed by atoms with Crippen molar-refractivity contribution in [1.82, 2.24) is 25.5 Å². The smallest absolute Gasteiger partial charge is 0.408 e. The molecule has 7 rings (SSSR count). The molecule has 8 atom stereocenters. The van der Waals surface area contributed by atoms with E-state index in [1.807, 2.05) is 53.0 Å². The van der Waals surface area contributed by atoms with Crippen LogP contribution in [-0.2, 0) is 23.9 Å². The van der Waals surface area contributed by atoms with E-state index in [4.69, 9.17) is 40.5 Å². The minimum Gasteiger partial charge on any atom is -0.495 e. The molecule has 14 nitrogen and oxygen atoms in total. The molecule has 3 aliphatic heterocycles. The number of anilines is 1. The average molecular weight is 825 g/mol. The van der Waals surface area contributed by atoms with Crippen LogP contribution in [0.15, 0.2) is 23.6 Å². The largest absolute Gasteiger partial charge is 0.495 e. The van der Waals surface area contributed by atoms with Crippen molar-refractivity contribution in [3.05, 3.63) is 28.6 Å². The molecule has 3 aromatic rings. The number of fused-ring (bicyclic) bond motifs is 3. The number of rotatable bonds is 13. The van der Waals surface area contributed by atoms with Gasteiger partial charge in [0.2, 0.25) is 11.8 Å². The fourth-order valence-corrected chi connectivity index (χ4v) is 9.51. The highest BCUT2D eigenvalue weighted by atomic mass is 35.5. The number of aromatic nitrogens is 2. The Bertz CT molecular complexity index is 2010. The Morgan fingerprint density at radius 1 is 1.09 bits per heavy atom. The molecule has 4 fully saturated rings. The quantitative estimate of drug-likeness (QED) is 0.160. The van der Waals surface area contributed by atoms with E-state index in [-0.39, 0.29) is 43.2 Å². The van der Waals surface area contributed by atoms with Crippen LogP contribution in [-0.4, -0.2) is 101 Å². The van der Waals surface area contributed by atoms with E-state index in [2.05, 4.69) is 16.0 Å². The van der Waals surface area contributed by atoms with E-state index in [0.29, 0.717) is 58.1 Å². The molecule has 3 saturated heterocycles. The lowest BCUT2D eigenvalue weighted by atomic mass is 9.85. The van der Waals surface area contributed by atoms with Crippen LogP contribution in [0.25, 0.3) is 22.3 Å². The summed E-state index contributed by atoms with van der Waals surface area (Å²) >= 11 is 8.29. The Morgan fingerprint density at radius 2 is 1.82 bits per heavy atom. The lowest BCUT2D eigenvalue weighted by Gasteiger charge is -2.36. The number of likely N-dealkylation sites (tertiary alicyclic amines) is 1. The highest BCUT2D eigenvalue weighted by Gasteiger charge is 2.56. The molecule has 1 aliphatic carbocycles. The molecule has 1 aromatic carbocycles. The Labute approximate surface area is 342 Å².